The SMILES string of the molecule is Cc1noc(N(Cl)C2=C(Cl)C(=O)C(=O)c3ccccc32)c1C. The summed E-state index contributed by atoms with van der Waals surface area (Å²) in [6, 6.07) is 6.63. The van der Waals surface area contributed by atoms with Crippen molar-refractivity contribution in [3.05, 3.63) is 51.7 Å². The van der Waals surface area contributed by atoms with Crippen LogP contribution >= 0.6 is 23.4 Å². The number of hydrogen-bond acceptors (Lipinski definition) is 5. The molecule has 7 heteroatoms. The molecule has 0 bridgehead atoms. The Hall–Kier alpha value is -2.11. The smallest absolute Gasteiger partial charge is 0.249 e. The van der Waals surface area contributed by atoms with Crippen LogP contribution in [0.15, 0.2) is 33.8 Å². The van der Waals surface area contributed by atoms with E-state index in [4.69, 9.17) is 27.9 Å². The molecule has 0 aliphatic heterocycles. The summed E-state index contributed by atoms with van der Waals surface area (Å²) in [5.74, 6) is -1.20. The highest BCUT2D eigenvalue weighted by Crippen LogP contribution is 2.39. The zero-order valence-corrected chi connectivity index (χ0v) is 13.2. The molecule has 112 valence electrons. The first-order valence-electron chi connectivity index (χ1n) is 6.40. The normalized spacial score (nSPS) is 14.4. The molecule has 0 atom stereocenters. The number of aryl methyl sites for hydroxylation is 1. The molecule has 5 nitrogen and oxygen atoms in total. The van der Waals surface area contributed by atoms with Crippen LogP contribution in [-0.4, -0.2) is 16.7 Å². The number of Topliss-reactive ketones (excluding diaryl/α,β-unsaturated/α-hetero) is 2. The molecule has 22 heavy (non-hydrogen) atoms. The van der Waals surface area contributed by atoms with Crippen molar-refractivity contribution < 1.29 is 14.1 Å². The summed E-state index contributed by atoms with van der Waals surface area (Å²) in [6.45, 7) is 3.55. The minimum Gasteiger partial charge on any atom is -0.336 e. The zero-order chi connectivity index (χ0) is 16.0. The van der Waals surface area contributed by atoms with E-state index in [2.05, 4.69) is 5.16 Å². The number of benzene rings is 1. The number of carbonyl (C=O) groups excluding carboxylic acids is 2. The van der Waals surface area contributed by atoms with Crippen molar-refractivity contribution in [2.45, 2.75) is 13.8 Å². The number of hydrogen-bond donors (Lipinski definition) is 0. The van der Waals surface area contributed by atoms with E-state index < -0.39 is 11.6 Å². The van der Waals surface area contributed by atoms with Crippen molar-refractivity contribution in [1.29, 1.82) is 0 Å². The molecule has 3 rings (SSSR count). The first-order valence-corrected chi connectivity index (χ1v) is 7.12. The largest absolute Gasteiger partial charge is 0.336 e. The lowest BCUT2D eigenvalue weighted by Crippen LogP contribution is -2.26. The van der Waals surface area contributed by atoms with Crippen LogP contribution in [-0.2, 0) is 4.79 Å². The van der Waals surface area contributed by atoms with Crippen LogP contribution in [0.1, 0.15) is 27.2 Å². The molecule has 0 saturated carbocycles. The maximum absolute atomic E-state index is 12.1. The van der Waals surface area contributed by atoms with Gasteiger partial charge >= 0.3 is 0 Å². The van der Waals surface area contributed by atoms with Gasteiger partial charge in [-0.15, -0.1) is 0 Å². The molecule has 0 fully saturated rings. The third-order valence-corrected chi connectivity index (χ3v) is 4.22. The molecule has 1 aromatic carbocycles. The minimum absolute atomic E-state index is 0.211. The highest BCUT2D eigenvalue weighted by atomic mass is 35.5. The second-order valence-corrected chi connectivity index (χ2v) is 5.56. The van der Waals surface area contributed by atoms with Gasteiger partial charge in [-0.2, -0.15) is 0 Å². The van der Waals surface area contributed by atoms with E-state index in [1.54, 1.807) is 38.1 Å². The number of halogens is 2. The molecule has 0 spiro atoms. The quantitative estimate of drug-likeness (QED) is 0.619. The molecule has 0 unspecified atom stereocenters. The average Bonchev–Trinajstić information content (AvgIpc) is 2.85. The van der Waals surface area contributed by atoms with Crippen molar-refractivity contribution >= 4 is 46.5 Å². The van der Waals surface area contributed by atoms with Crippen molar-refractivity contribution in [3.63, 3.8) is 0 Å². The third-order valence-electron chi connectivity index (χ3n) is 3.55. The molecular formula is C15H10Cl2N2O3. The fourth-order valence-electron chi connectivity index (χ4n) is 2.22. The summed E-state index contributed by atoms with van der Waals surface area (Å²) in [4.78, 5) is 24.1. The van der Waals surface area contributed by atoms with Gasteiger partial charge in [0.15, 0.2) is 0 Å². The molecule has 0 saturated heterocycles. The summed E-state index contributed by atoms with van der Waals surface area (Å²) in [5, 5.41) is 3.59. The van der Waals surface area contributed by atoms with E-state index in [9.17, 15) is 9.59 Å². The fourth-order valence-corrected chi connectivity index (χ4v) is 2.86. The van der Waals surface area contributed by atoms with Crippen LogP contribution in [0.3, 0.4) is 0 Å². The van der Waals surface area contributed by atoms with E-state index in [0.717, 1.165) is 4.42 Å². The Morgan fingerprint density at radius 1 is 1.09 bits per heavy atom. The summed E-state index contributed by atoms with van der Waals surface area (Å²) in [6.07, 6.45) is 0. The van der Waals surface area contributed by atoms with Crippen LogP contribution in [0.2, 0.25) is 0 Å². The van der Waals surface area contributed by atoms with Gasteiger partial charge in [0.1, 0.15) is 5.03 Å². The van der Waals surface area contributed by atoms with E-state index in [1.807, 2.05) is 0 Å². The van der Waals surface area contributed by atoms with E-state index in [1.165, 1.54) is 0 Å². The lowest BCUT2D eigenvalue weighted by molar-refractivity contribution is -0.111. The first-order chi connectivity index (χ1) is 10.4. The number of carbonyl (C=O) groups is 2. The first kappa shape index (κ1) is 14.8. The average molecular weight is 337 g/mol. The Labute approximate surface area is 136 Å². The van der Waals surface area contributed by atoms with Crippen LogP contribution in [0.4, 0.5) is 5.88 Å². The maximum atomic E-state index is 12.1. The Morgan fingerprint density at radius 3 is 2.32 bits per heavy atom. The molecule has 0 amide bonds. The topological polar surface area (TPSA) is 63.4 Å². The van der Waals surface area contributed by atoms with Crippen molar-refractivity contribution in [2.75, 3.05) is 4.42 Å². The van der Waals surface area contributed by atoms with Gasteiger partial charge < -0.3 is 4.52 Å². The maximum Gasteiger partial charge on any atom is 0.249 e. The Balaban J connectivity index is 2.22. The minimum atomic E-state index is -0.796. The summed E-state index contributed by atoms with van der Waals surface area (Å²) >= 11 is 12.4. The Bertz CT molecular complexity index is 839. The van der Waals surface area contributed by atoms with Gasteiger partial charge in [-0.05, 0) is 13.8 Å². The number of anilines is 1. The molecule has 1 aliphatic carbocycles. The van der Waals surface area contributed by atoms with Crippen LogP contribution in [0.25, 0.3) is 5.70 Å². The molecule has 1 aromatic heterocycles. The molecule has 0 N–H and O–H groups in total. The third kappa shape index (κ3) is 2.05. The van der Waals surface area contributed by atoms with Gasteiger partial charge in [-0.25, -0.2) is 4.42 Å². The van der Waals surface area contributed by atoms with Crippen molar-refractivity contribution in [2.24, 2.45) is 0 Å². The van der Waals surface area contributed by atoms with E-state index >= 15 is 0 Å². The number of fused-ring (bicyclic) bond motifs is 1. The number of allylic oxidation sites excluding steroid dienone is 1. The van der Waals surface area contributed by atoms with Crippen molar-refractivity contribution in [1.82, 2.24) is 5.16 Å². The summed E-state index contributed by atoms with van der Waals surface area (Å²) in [5.41, 5.74) is 2.33. The predicted molar refractivity (Wildman–Crippen MR) is 82.9 cm³/mol. The zero-order valence-electron chi connectivity index (χ0n) is 11.7. The standard InChI is InChI=1S/C15H10Cl2N2O3/c1-7-8(2)18-22-15(7)19(17)12-9-5-3-4-6-10(9)13(20)14(21)11(12)16/h3-6H,1-2H3. The van der Waals surface area contributed by atoms with Gasteiger partial charge in [0.25, 0.3) is 0 Å². The highest BCUT2D eigenvalue weighted by Gasteiger charge is 2.35. The number of nitrogens with zero attached hydrogens (tertiary/aromatic N) is 2. The number of aromatic nitrogens is 1. The van der Waals surface area contributed by atoms with E-state index in [-0.39, 0.29) is 22.2 Å². The molecule has 2 aromatic rings. The monoisotopic (exact) mass is 336 g/mol. The van der Waals surface area contributed by atoms with E-state index in [0.29, 0.717) is 16.8 Å². The number of ketones is 2. The fraction of sp³-hybridized carbons (Fsp3) is 0.133. The number of rotatable bonds is 2. The van der Waals surface area contributed by atoms with Gasteiger partial charge in [0.2, 0.25) is 17.5 Å². The second-order valence-electron chi connectivity index (χ2n) is 4.85. The lowest BCUT2D eigenvalue weighted by Gasteiger charge is -2.23. The molecule has 1 aliphatic rings. The van der Waals surface area contributed by atoms with Crippen LogP contribution in [0, 0.1) is 13.8 Å². The van der Waals surface area contributed by atoms with Crippen molar-refractivity contribution in [3.8, 4) is 0 Å². The summed E-state index contributed by atoms with van der Waals surface area (Å²) in [7, 11) is 0. The van der Waals surface area contributed by atoms with Gasteiger partial charge in [-0.3, -0.25) is 9.59 Å². The second kappa shape index (κ2) is 5.26. The lowest BCUT2D eigenvalue weighted by atomic mass is 9.92. The Morgan fingerprint density at radius 2 is 1.73 bits per heavy atom. The predicted octanol–water partition coefficient (Wildman–Crippen LogP) is 3.62. The van der Waals surface area contributed by atoms with Gasteiger partial charge in [0, 0.05) is 28.5 Å². The molecular weight excluding hydrogens is 327 g/mol. The van der Waals surface area contributed by atoms with Crippen LogP contribution < -0.4 is 4.42 Å². The molecule has 0 radical (unpaired) electrons. The summed E-state index contributed by atoms with van der Waals surface area (Å²) < 4.78 is 6.32. The highest BCUT2D eigenvalue weighted by molar-refractivity contribution is 6.65. The van der Waals surface area contributed by atoms with Crippen LogP contribution in [0.5, 0.6) is 0 Å². The van der Waals surface area contributed by atoms with Gasteiger partial charge in [-0.1, -0.05) is 41.0 Å². The Kier molecular flexibility index (Phi) is 3.54. The van der Waals surface area contributed by atoms with Gasteiger partial charge in [0.05, 0.1) is 11.4 Å². The molecule has 1 heterocycles.